The number of anilines is 1. The van der Waals surface area contributed by atoms with Crippen LogP contribution in [-0.2, 0) is 16.0 Å². The zero-order chi connectivity index (χ0) is 18.1. The molecule has 132 valence electrons. The summed E-state index contributed by atoms with van der Waals surface area (Å²) < 4.78 is 0. The monoisotopic (exact) mass is 338 g/mol. The van der Waals surface area contributed by atoms with Crippen LogP contribution < -0.4 is 10.6 Å². The van der Waals surface area contributed by atoms with Crippen molar-refractivity contribution in [3.63, 3.8) is 0 Å². The second kappa shape index (κ2) is 9.62. The summed E-state index contributed by atoms with van der Waals surface area (Å²) in [4.78, 5) is 23.2. The first-order valence-electron chi connectivity index (χ1n) is 8.88. The maximum Gasteiger partial charge on any atom is 0.243 e. The number of carbonyl (C=O) groups excluding carboxylic acids is 2. The predicted octanol–water partition coefficient (Wildman–Crippen LogP) is 4.16. The van der Waals surface area contributed by atoms with Crippen LogP contribution in [-0.4, -0.2) is 18.4 Å². The molecular weight excluding hydrogens is 312 g/mol. The van der Waals surface area contributed by atoms with Gasteiger partial charge in [-0.15, -0.1) is 0 Å². The summed E-state index contributed by atoms with van der Waals surface area (Å²) in [7, 11) is 0. The molecule has 4 nitrogen and oxygen atoms in total. The Labute approximate surface area is 149 Å². The Kier molecular flexibility index (Phi) is 7.20. The maximum absolute atomic E-state index is 11.8. The Bertz CT molecular complexity index is 691. The molecule has 0 radical (unpaired) electrons. The van der Waals surface area contributed by atoms with E-state index in [1.165, 1.54) is 5.56 Å². The highest BCUT2D eigenvalue weighted by atomic mass is 16.2. The van der Waals surface area contributed by atoms with Crippen LogP contribution in [0.4, 0.5) is 5.69 Å². The Morgan fingerprint density at radius 2 is 1.40 bits per heavy atom. The summed E-state index contributed by atoms with van der Waals surface area (Å²) in [5.74, 6) is -0.319. The summed E-state index contributed by atoms with van der Waals surface area (Å²) >= 11 is 0. The molecule has 0 aliphatic carbocycles. The van der Waals surface area contributed by atoms with Gasteiger partial charge in [-0.3, -0.25) is 9.59 Å². The maximum atomic E-state index is 11.8. The zero-order valence-corrected chi connectivity index (χ0v) is 15.0. The summed E-state index contributed by atoms with van der Waals surface area (Å²) in [6.45, 7) is 4.11. The summed E-state index contributed by atoms with van der Waals surface area (Å²) in [5.41, 5.74) is 4.34. The first-order chi connectivity index (χ1) is 12.1. The number of hydrogen-bond donors (Lipinski definition) is 2. The van der Waals surface area contributed by atoms with Crippen LogP contribution in [0.15, 0.2) is 48.5 Å². The SMILES string of the molecule is CCCC(=O)NCC(=O)Nc1ccc(-c2ccc(CCC)cc2)cc1. The van der Waals surface area contributed by atoms with Crippen molar-refractivity contribution in [1.82, 2.24) is 5.32 Å². The molecule has 0 heterocycles. The lowest BCUT2D eigenvalue weighted by Gasteiger charge is -2.08. The Morgan fingerprint density at radius 3 is 1.96 bits per heavy atom. The van der Waals surface area contributed by atoms with E-state index in [1.54, 1.807) is 0 Å². The molecule has 2 aromatic rings. The molecule has 25 heavy (non-hydrogen) atoms. The summed E-state index contributed by atoms with van der Waals surface area (Å²) in [6, 6.07) is 16.3. The quantitative estimate of drug-likeness (QED) is 0.759. The van der Waals surface area contributed by atoms with Crippen LogP contribution in [0.2, 0.25) is 0 Å². The fraction of sp³-hybridized carbons (Fsp3) is 0.333. The van der Waals surface area contributed by atoms with Gasteiger partial charge in [0.25, 0.3) is 0 Å². The lowest BCUT2D eigenvalue weighted by molar-refractivity contribution is -0.124. The summed E-state index contributed by atoms with van der Waals surface area (Å²) in [5, 5.41) is 5.40. The summed E-state index contributed by atoms with van der Waals surface area (Å²) in [6.07, 6.45) is 3.46. The van der Waals surface area contributed by atoms with Gasteiger partial charge in [0.15, 0.2) is 0 Å². The third kappa shape index (κ3) is 6.07. The zero-order valence-electron chi connectivity index (χ0n) is 15.0. The number of carbonyl (C=O) groups is 2. The van der Waals surface area contributed by atoms with E-state index in [-0.39, 0.29) is 18.4 Å². The molecule has 2 N–H and O–H groups in total. The van der Waals surface area contributed by atoms with Crippen molar-refractivity contribution in [2.45, 2.75) is 39.5 Å². The molecule has 0 atom stereocenters. The molecule has 2 amide bonds. The average Bonchev–Trinajstić information content (AvgIpc) is 2.62. The van der Waals surface area contributed by atoms with Gasteiger partial charge in [-0.1, -0.05) is 56.7 Å². The van der Waals surface area contributed by atoms with Crippen molar-refractivity contribution < 1.29 is 9.59 Å². The van der Waals surface area contributed by atoms with E-state index in [9.17, 15) is 9.59 Å². The standard InChI is InChI=1S/C21H26N2O2/c1-3-5-16-7-9-17(10-8-16)18-11-13-19(14-12-18)23-21(25)15-22-20(24)6-4-2/h7-14H,3-6,15H2,1-2H3,(H,22,24)(H,23,25). The van der Waals surface area contributed by atoms with Crippen LogP contribution in [0.3, 0.4) is 0 Å². The minimum atomic E-state index is -0.221. The van der Waals surface area contributed by atoms with Gasteiger partial charge in [0.2, 0.25) is 11.8 Å². The number of hydrogen-bond acceptors (Lipinski definition) is 2. The van der Waals surface area contributed by atoms with Gasteiger partial charge in [-0.2, -0.15) is 0 Å². The van der Waals surface area contributed by atoms with Gasteiger partial charge in [0, 0.05) is 12.1 Å². The number of aryl methyl sites for hydroxylation is 1. The molecule has 0 aromatic heterocycles. The van der Waals surface area contributed by atoms with E-state index in [1.807, 2.05) is 31.2 Å². The molecule has 0 fully saturated rings. The highest BCUT2D eigenvalue weighted by Crippen LogP contribution is 2.22. The Morgan fingerprint density at radius 1 is 0.800 bits per heavy atom. The number of nitrogens with one attached hydrogen (secondary N) is 2. The van der Waals surface area contributed by atoms with E-state index >= 15 is 0 Å². The molecule has 0 saturated carbocycles. The molecule has 2 rings (SSSR count). The van der Waals surface area contributed by atoms with Gasteiger partial charge in [-0.05, 0) is 41.7 Å². The molecular formula is C21H26N2O2. The highest BCUT2D eigenvalue weighted by Gasteiger charge is 2.05. The Balaban J connectivity index is 1.90. The van der Waals surface area contributed by atoms with E-state index in [2.05, 4.69) is 41.8 Å². The fourth-order valence-electron chi connectivity index (χ4n) is 2.60. The van der Waals surface area contributed by atoms with Crippen molar-refractivity contribution in [3.8, 4) is 11.1 Å². The van der Waals surface area contributed by atoms with Gasteiger partial charge in [0.1, 0.15) is 0 Å². The molecule has 0 bridgehead atoms. The van der Waals surface area contributed by atoms with E-state index < -0.39 is 0 Å². The molecule has 0 aliphatic rings. The highest BCUT2D eigenvalue weighted by molar-refractivity contribution is 5.94. The molecule has 2 aromatic carbocycles. The van der Waals surface area contributed by atoms with Crippen molar-refractivity contribution in [3.05, 3.63) is 54.1 Å². The number of rotatable bonds is 8. The van der Waals surface area contributed by atoms with Crippen LogP contribution in [0, 0.1) is 0 Å². The van der Waals surface area contributed by atoms with Crippen molar-refractivity contribution >= 4 is 17.5 Å². The van der Waals surface area contributed by atoms with Crippen LogP contribution in [0.25, 0.3) is 11.1 Å². The molecule has 4 heteroatoms. The number of benzene rings is 2. The third-order valence-corrected chi connectivity index (χ3v) is 3.92. The molecule has 0 saturated heterocycles. The average molecular weight is 338 g/mol. The fourth-order valence-corrected chi connectivity index (χ4v) is 2.60. The Hall–Kier alpha value is -2.62. The number of amides is 2. The minimum Gasteiger partial charge on any atom is -0.347 e. The molecule has 0 unspecified atom stereocenters. The van der Waals surface area contributed by atoms with E-state index in [4.69, 9.17) is 0 Å². The minimum absolute atomic E-state index is 0.000520. The van der Waals surface area contributed by atoms with Crippen molar-refractivity contribution in [1.29, 1.82) is 0 Å². The smallest absolute Gasteiger partial charge is 0.243 e. The van der Waals surface area contributed by atoms with Crippen LogP contribution in [0.5, 0.6) is 0 Å². The van der Waals surface area contributed by atoms with Crippen molar-refractivity contribution in [2.24, 2.45) is 0 Å². The van der Waals surface area contributed by atoms with Crippen molar-refractivity contribution in [2.75, 3.05) is 11.9 Å². The second-order valence-electron chi connectivity index (χ2n) is 6.10. The van der Waals surface area contributed by atoms with Gasteiger partial charge < -0.3 is 10.6 Å². The van der Waals surface area contributed by atoms with Gasteiger partial charge in [-0.25, -0.2) is 0 Å². The van der Waals surface area contributed by atoms with Crippen LogP contribution in [0.1, 0.15) is 38.7 Å². The van der Waals surface area contributed by atoms with Crippen LogP contribution >= 0.6 is 0 Å². The normalized spacial score (nSPS) is 10.3. The second-order valence-corrected chi connectivity index (χ2v) is 6.10. The first kappa shape index (κ1) is 18.7. The van der Waals surface area contributed by atoms with E-state index in [0.29, 0.717) is 6.42 Å². The third-order valence-electron chi connectivity index (χ3n) is 3.92. The lowest BCUT2D eigenvalue weighted by Crippen LogP contribution is -2.32. The van der Waals surface area contributed by atoms with Gasteiger partial charge >= 0.3 is 0 Å². The van der Waals surface area contributed by atoms with E-state index in [0.717, 1.165) is 36.1 Å². The predicted molar refractivity (Wildman–Crippen MR) is 102 cm³/mol. The lowest BCUT2D eigenvalue weighted by atomic mass is 10.0. The van der Waals surface area contributed by atoms with Gasteiger partial charge in [0.05, 0.1) is 6.54 Å². The molecule has 0 spiro atoms. The largest absolute Gasteiger partial charge is 0.347 e. The molecule has 0 aliphatic heterocycles. The topological polar surface area (TPSA) is 58.2 Å². The first-order valence-corrected chi connectivity index (χ1v) is 8.88.